The highest BCUT2D eigenvalue weighted by Crippen LogP contribution is 2.28. The highest BCUT2D eigenvalue weighted by Gasteiger charge is 2.33. The molecule has 9 heteroatoms. The molecule has 1 atom stereocenters. The van der Waals surface area contributed by atoms with Gasteiger partial charge in [-0.3, -0.25) is 4.79 Å². The first-order chi connectivity index (χ1) is 13.3. The van der Waals surface area contributed by atoms with E-state index < -0.39 is 18.0 Å². The van der Waals surface area contributed by atoms with Crippen LogP contribution in [0.3, 0.4) is 0 Å². The molecule has 1 aliphatic heterocycles. The SMILES string of the molecule is COc1cccc(CC(=O)N2CCCC(Oc3nccc(C(F)(F)F)n3)C2)c1. The van der Waals surface area contributed by atoms with Crippen molar-refractivity contribution in [3.63, 3.8) is 0 Å². The van der Waals surface area contributed by atoms with Gasteiger partial charge in [-0.05, 0) is 36.6 Å². The first-order valence-corrected chi connectivity index (χ1v) is 8.83. The number of rotatable bonds is 5. The number of halogens is 3. The first-order valence-electron chi connectivity index (χ1n) is 8.83. The number of hydrogen-bond donors (Lipinski definition) is 0. The normalized spacial score (nSPS) is 17.3. The molecule has 0 radical (unpaired) electrons. The largest absolute Gasteiger partial charge is 0.497 e. The molecule has 0 saturated carbocycles. The van der Waals surface area contributed by atoms with E-state index in [2.05, 4.69) is 9.97 Å². The fraction of sp³-hybridized carbons (Fsp3) is 0.421. The molecule has 2 aromatic rings. The molecule has 1 aromatic heterocycles. The minimum absolute atomic E-state index is 0.0773. The van der Waals surface area contributed by atoms with Crippen LogP contribution >= 0.6 is 0 Å². The topological polar surface area (TPSA) is 64.5 Å². The molecule has 0 aliphatic carbocycles. The van der Waals surface area contributed by atoms with E-state index in [9.17, 15) is 18.0 Å². The van der Waals surface area contributed by atoms with E-state index >= 15 is 0 Å². The van der Waals surface area contributed by atoms with Crippen molar-refractivity contribution in [2.24, 2.45) is 0 Å². The van der Waals surface area contributed by atoms with Gasteiger partial charge < -0.3 is 14.4 Å². The monoisotopic (exact) mass is 395 g/mol. The summed E-state index contributed by atoms with van der Waals surface area (Å²) in [6.45, 7) is 0.856. The van der Waals surface area contributed by atoms with Gasteiger partial charge >= 0.3 is 12.2 Å². The minimum atomic E-state index is -4.56. The minimum Gasteiger partial charge on any atom is -0.497 e. The fourth-order valence-electron chi connectivity index (χ4n) is 3.03. The van der Waals surface area contributed by atoms with Crippen LogP contribution in [0.2, 0.25) is 0 Å². The lowest BCUT2D eigenvalue weighted by molar-refractivity contribution is -0.141. The van der Waals surface area contributed by atoms with Crippen molar-refractivity contribution in [2.75, 3.05) is 20.2 Å². The number of benzene rings is 1. The maximum Gasteiger partial charge on any atom is 0.433 e. The smallest absolute Gasteiger partial charge is 0.433 e. The van der Waals surface area contributed by atoms with Gasteiger partial charge in [-0.2, -0.15) is 18.2 Å². The second kappa shape index (κ2) is 8.45. The van der Waals surface area contributed by atoms with E-state index in [1.54, 1.807) is 24.1 Å². The third-order valence-corrected chi connectivity index (χ3v) is 4.42. The lowest BCUT2D eigenvalue weighted by Crippen LogP contribution is -2.45. The van der Waals surface area contributed by atoms with E-state index in [0.717, 1.165) is 17.8 Å². The number of alkyl halides is 3. The zero-order valence-electron chi connectivity index (χ0n) is 15.3. The molecule has 2 heterocycles. The maximum absolute atomic E-state index is 12.8. The van der Waals surface area contributed by atoms with Crippen LogP contribution in [0.4, 0.5) is 13.2 Å². The molecule has 0 N–H and O–H groups in total. The van der Waals surface area contributed by atoms with Crippen molar-refractivity contribution in [3.05, 3.63) is 47.8 Å². The number of aromatic nitrogens is 2. The molecule has 3 rings (SSSR count). The Bertz CT molecular complexity index is 829. The Balaban J connectivity index is 1.61. The summed E-state index contributed by atoms with van der Waals surface area (Å²) in [5.41, 5.74) is -0.229. The highest BCUT2D eigenvalue weighted by molar-refractivity contribution is 5.79. The summed E-state index contributed by atoms with van der Waals surface area (Å²) < 4.78 is 49.0. The Morgan fingerprint density at radius 1 is 1.32 bits per heavy atom. The van der Waals surface area contributed by atoms with Gasteiger partial charge in [-0.25, -0.2) is 4.98 Å². The van der Waals surface area contributed by atoms with Gasteiger partial charge in [0.15, 0.2) is 5.69 Å². The molecular formula is C19H20F3N3O3. The number of nitrogens with zero attached hydrogens (tertiary/aromatic N) is 3. The highest BCUT2D eigenvalue weighted by atomic mass is 19.4. The summed E-state index contributed by atoms with van der Waals surface area (Å²) in [4.78, 5) is 21.4. The molecular weight excluding hydrogens is 375 g/mol. The fourth-order valence-corrected chi connectivity index (χ4v) is 3.03. The average molecular weight is 395 g/mol. The molecule has 0 bridgehead atoms. The van der Waals surface area contributed by atoms with E-state index in [-0.39, 0.29) is 24.9 Å². The molecule has 0 spiro atoms. The summed E-state index contributed by atoms with van der Waals surface area (Å²) in [5, 5.41) is 0. The Morgan fingerprint density at radius 3 is 2.89 bits per heavy atom. The Kier molecular flexibility index (Phi) is 6.01. The maximum atomic E-state index is 12.8. The lowest BCUT2D eigenvalue weighted by atomic mass is 10.1. The summed E-state index contributed by atoms with van der Waals surface area (Å²) >= 11 is 0. The van der Waals surface area contributed by atoms with Crippen LogP contribution < -0.4 is 9.47 Å². The number of ether oxygens (including phenoxy) is 2. The third kappa shape index (κ3) is 5.11. The quantitative estimate of drug-likeness (QED) is 0.778. The van der Waals surface area contributed by atoms with Crippen LogP contribution in [0.5, 0.6) is 11.8 Å². The van der Waals surface area contributed by atoms with E-state index in [1.807, 2.05) is 12.1 Å². The van der Waals surface area contributed by atoms with Gasteiger partial charge in [-0.15, -0.1) is 0 Å². The number of piperidine rings is 1. The van der Waals surface area contributed by atoms with Crippen molar-refractivity contribution in [1.82, 2.24) is 14.9 Å². The number of methoxy groups -OCH3 is 1. The van der Waals surface area contributed by atoms with Crippen molar-refractivity contribution in [2.45, 2.75) is 31.5 Å². The Labute approximate surface area is 160 Å². The van der Waals surface area contributed by atoms with Crippen LogP contribution in [-0.2, 0) is 17.4 Å². The number of carbonyl (C=O) groups is 1. The summed E-state index contributed by atoms with van der Waals surface area (Å²) in [6, 6.07) is 7.71. The van der Waals surface area contributed by atoms with E-state index in [0.29, 0.717) is 25.1 Å². The molecule has 1 saturated heterocycles. The third-order valence-electron chi connectivity index (χ3n) is 4.42. The first kappa shape index (κ1) is 19.9. The molecule has 1 fully saturated rings. The zero-order valence-corrected chi connectivity index (χ0v) is 15.3. The number of amides is 1. The van der Waals surface area contributed by atoms with E-state index in [1.165, 1.54) is 0 Å². The van der Waals surface area contributed by atoms with Crippen molar-refractivity contribution in [1.29, 1.82) is 0 Å². The van der Waals surface area contributed by atoms with Crippen LogP contribution in [0, 0.1) is 0 Å². The van der Waals surface area contributed by atoms with Crippen molar-refractivity contribution in [3.8, 4) is 11.8 Å². The number of carbonyl (C=O) groups excluding carboxylic acids is 1. The van der Waals surface area contributed by atoms with Crippen molar-refractivity contribution >= 4 is 5.91 Å². The zero-order chi connectivity index (χ0) is 20.1. The van der Waals surface area contributed by atoms with Crippen LogP contribution in [0.25, 0.3) is 0 Å². The summed E-state index contributed by atoms with van der Waals surface area (Å²) in [7, 11) is 1.56. The standard InChI is InChI=1S/C19H20F3N3O3/c1-27-14-5-2-4-13(10-14)11-17(26)25-9-3-6-15(12-25)28-18-23-8-7-16(24-18)19(20,21)22/h2,4-5,7-8,10,15H,3,6,9,11-12H2,1H3. The van der Waals surface area contributed by atoms with Gasteiger partial charge in [0.25, 0.3) is 0 Å². The number of likely N-dealkylation sites (tertiary alicyclic amines) is 1. The van der Waals surface area contributed by atoms with Crippen molar-refractivity contribution < 1.29 is 27.4 Å². The van der Waals surface area contributed by atoms with Crippen LogP contribution in [0.15, 0.2) is 36.5 Å². The van der Waals surface area contributed by atoms with Crippen LogP contribution in [0.1, 0.15) is 24.1 Å². The number of hydrogen-bond acceptors (Lipinski definition) is 5. The average Bonchev–Trinajstić information content (AvgIpc) is 2.68. The molecule has 150 valence electrons. The van der Waals surface area contributed by atoms with Gasteiger partial charge in [0, 0.05) is 12.7 Å². The molecule has 1 aromatic carbocycles. The van der Waals surface area contributed by atoms with Crippen LogP contribution in [-0.4, -0.2) is 47.1 Å². The second-order valence-electron chi connectivity index (χ2n) is 6.47. The lowest BCUT2D eigenvalue weighted by Gasteiger charge is -2.32. The second-order valence-corrected chi connectivity index (χ2v) is 6.47. The molecule has 6 nitrogen and oxygen atoms in total. The molecule has 28 heavy (non-hydrogen) atoms. The van der Waals surface area contributed by atoms with Gasteiger partial charge in [0.2, 0.25) is 5.91 Å². The molecule has 1 unspecified atom stereocenters. The van der Waals surface area contributed by atoms with E-state index in [4.69, 9.17) is 9.47 Å². The van der Waals surface area contributed by atoms with Gasteiger partial charge in [0.1, 0.15) is 11.9 Å². The molecule has 1 aliphatic rings. The molecule has 1 amide bonds. The Morgan fingerprint density at radius 2 is 2.14 bits per heavy atom. The summed E-state index contributed by atoms with van der Waals surface area (Å²) in [6.07, 6.45) is -2.49. The predicted molar refractivity (Wildman–Crippen MR) is 94.0 cm³/mol. The predicted octanol–water partition coefficient (Wildman–Crippen LogP) is 3.12. The Hall–Kier alpha value is -2.84. The van der Waals surface area contributed by atoms with Gasteiger partial charge in [-0.1, -0.05) is 12.1 Å². The van der Waals surface area contributed by atoms with Gasteiger partial charge in [0.05, 0.1) is 20.1 Å². The summed E-state index contributed by atoms with van der Waals surface area (Å²) in [5.74, 6) is 0.596.